The Morgan fingerprint density at radius 3 is 2.69 bits per heavy atom. The van der Waals surface area contributed by atoms with Crippen LogP contribution in [-0.2, 0) is 19.1 Å². The Labute approximate surface area is 184 Å². The number of nitrogens with one attached hydrogen (secondary N) is 1. The molecule has 1 aliphatic heterocycles. The molecule has 9 heteroatoms. The number of rotatable bonds is 6. The monoisotopic (exact) mass is 436 g/mol. The fourth-order valence-electron chi connectivity index (χ4n) is 3.70. The first-order valence-corrected chi connectivity index (χ1v) is 10.6. The van der Waals surface area contributed by atoms with E-state index in [1.165, 1.54) is 0 Å². The lowest BCUT2D eigenvalue weighted by molar-refractivity contribution is -0.151. The van der Waals surface area contributed by atoms with Crippen LogP contribution in [0.4, 0.5) is 0 Å². The molecule has 0 aliphatic carbocycles. The molecule has 0 saturated carbocycles. The third kappa shape index (κ3) is 4.77. The van der Waals surface area contributed by atoms with Gasteiger partial charge in [0, 0.05) is 31.0 Å². The summed E-state index contributed by atoms with van der Waals surface area (Å²) in [7, 11) is 0. The second kappa shape index (κ2) is 9.59. The number of fused-ring (bicyclic) bond motifs is 1. The maximum absolute atomic E-state index is 12.5. The molecule has 1 saturated heterocycles. The number of hydrogen-bond donors (Lipinski definition) is 1. The molecular weight excluding hydrogens is 412 g/mol. The minimum Gasteiger partial charge on any atom is -0.466 e. The lowest BCUT2D eigenvalue weighted by Crippen LogP contribution is -2.42. The number of carbonyl (C=O) groups excluding carboxylic acids is 3. The van der Waals surface area contributed by atoms with E-state index in [9.17, 15) is 14.4 Å². The van der Waals surface area contributed by atoms with Crippen molar-refractivity contribution < 1.29 is 23.9 Å². The van der Waals surface area contributed by atoms with E-state index in [0.29, 0.717) is 55.0 Å². The number of nitrogens with zero attached hydrogens (tertiary/aromatic N) is 3. The molecule has 1 amide bonds. The Morgan fingerprint density at radius 2 is 1.97 bits per heavy atom. The lowest BCUT2D eigenvalue weighted by Gasteiger charge is -2.30. The number of piperidine rings is 1. The van der Waals surface area contributed by atoms with Crippen LogP contribution < -0.4 is 0 Å². The van der Waals surface area contributed by atoms with Crippen LogP contribution in [0.5, 0.6) is 0 Å². The van der Waals surface area contributed by atoms with Crippen molar-refractivity contribution in [1.29, 1.82) is 0 Å². The SMILES string of the molecule is CCOC(=O)C1CCN(C(=O)COC(=O)c2ccc3nc(-c4cccnc4)[nH]c3c2)CC1. The van der Waals surface area contributed by atoms with E-state index in [-0.39, 0.29) is 24.4 Å². The van der Waals surface area contributed by atoms with Gasteiger partial charge in [-0.1, -0.05) is 0 Å². The summed E-state index contributed by atoms with van der Waals surface area (Å²) in [5, 5.41) is 0. The number of H-pyrrole nitrogens is 1. The molecule has 166 valence electrons. The van der Waals surface area contributed by atoms with Gasteiger partial charge in [-0.15, -0.1) is 0 Å². The van der Waals surface area contributed by atoms with E-state index in [0.717, 1.165) is 5.56 Å². The molecule has 3 heterocycles. The zero-order valence-corrected chi connectivity index (χ0v) is 17.7. The van der Waals surface area contributed by atoms with E-state index < -0.39 is 5.97 Å². The van der Waals surface area contributed by atoms with Crippen LogP contribution in [0.25, 0.3) is 22.4 Å². The molecule has 3 aromatic rings. The number of pyridine rings is 1. The van der Waals surface area contributed by atoms with Gasteiger partial charge in [0.2, 0.25) is 0 Å². The Hall–Kier alpha value is -3.75. The fourth-order valence-corrected chi connectivity index (χ4v) is 3.70. The summed E-state index contributed by atoms with van der Waals surface area (Å²) in [6.45, 7) is 2.66. The van der Waals surface area contributed by atoms with E-state index in [2.05, 4.69) is 15.0 Å². The van der Waals surface area contributed by atoms with Crippen molar-refractivity contribution >= 4 is 28.9 Å². The van der Waals surface area contributed by atoms with Gasteiger partial charge in [-0.25, -0.2) is 9.78 Å². The van der Waals surface area contributed by atoms with E-state index in [1.807, 2.05) is 12.1 Å². The minimum atomic E-state index is -0.584. The zero-order chi connectivity index (χ0) is 22.5. The molecule has 32 heavy (non-hydrogen) atoms. The van der Waals surface area contributed by atoms with Crippen molar-refractivity contribution in [3.8, 4) is 11.4 Å². The largest absolute Gasteiger partial charge is 0.466 e. The number of aromatic nitrogens is 3. The van der Waals surface area contributed by atoms with Gasteiger partial charge >= 0.3 is 11.9 Å². The molecule has 0 unspecified atom stereocenters. The number of imidazole rings is 1. The van der Waals surface area contributed by atoms with Crippen molar-refractivity contribution in [3.05, 3.63) is 48.3 Å². The average Bonchev–Trinajstić information content (AvgIpc) is 3.26. The first-order chi connectivity index (χ1) is 15.5. The van der Waals surface area contributed by atoms with Gasteiger partial charge in [-0.05, 0) is 50.1 Å². The number of likely N-dealkylation sites (tertiary alicyclic amines) is 1. The maximum atomic E-state index is 12.5. The number of aromatic amines is 1. The number of amides is 1. The van der Waals surface area contributed by atoms with Gasteiger partial charge in [-0.2, -0.15) is 0 Å². The Balaban J connectivity index is 1.33. The average molecular weight is 436 g/mol. The van der Waals surface area contributed by atoms with Gasteiger partial charge < -0.3 is 19.4 Å². The van der Waals surface area contributed by atoms with Crippen LogP contribution in [0.15, 0.2) is 42.7 Å². The van der Waals surface area contributed by atoms with Crippen molar-refractivity contribution in [2.45, 2.75) is 19.8 Å². The third-order valence-electron chi connectivity index (χ3n) is 5.45. The van der Waals surface area contributed by atoms with Crippen molar-refractivity contribution in [3.63, 3.8) is 0 Å². The minimum absolute atomic E-state index is 0.181. The summed E-state index contributed by atoms with van der Waals surface area (Å²) in [5.74, 6) is -0.604. The fraction of sp³-hybridized carbons (Fsp3) is 0.348. The predicted octanol–water partition coefficient (Wildman–Crippen LogP) is 2.58. The quantitative estimate of drug-likeness (QED) is 0.591. The second-order valence-electron chi connectivity index (χ2n) is 7.54. The van der Waals surface area contributed by atoms with Gasteiger partial charge in [0.1, 0.15) is 5.82 Å². The Kier molecular flexibility index (Phi) is 6.44. The summed E-state index contributed by atoms with van der Waals surface area (Å²) in [5.41, 5.74) is 2.56. The molecule has 0 bridgehead atoms. The maximum Gasteiger partial charge on any atom is 0.338 e. The molecule has 1 aromatic carbocycles. The highest BCUT2D eigenvalue weighted by Gasteiger charge is 2.28. The smallest absolute Gasteiger partial charge is 0.338 e. The van der Waals surface area contributed by atoms with Crippen LogP contribution in [0.2, 0.25) is 0 Å². The molecule has 2 aromatic heterocycles. The highest BCUT2D eigenvalue weighted by molar-refractivity contribution is 5.95. The van der Waals surface area contributed by atoms with Crippen molar-refractivity contribution in [2.24, 2.45) is 5.92 Å². The first kappa shape index (κ1) is 21.5. The molecule has 1 aliphatic rings. The summed E-state index contributed by atoms with van der Waals surface area (Å²) < 4.78 is 10.3. The molecule has 9 nitrogen and oxygen atoms in total. The highest BCUT2D eigenvalue weighted by Crippen LogP contribution is 2.21. The molecule has 0 atom stereocenters. The Morgan fingerprint density at radius 1 is 1.16 bits per heavy atom. The molecule has 0 radical (unpaired) electrons. The van der Waals surface area contributed by atoms with Crippen molar-refractivity contribution in [2.75, 3.05) is 26.3 Å². The van der Waals surface area contributed by atoms with Gasteiger partial charge in [-0.3, -0.25) is 14.6 Å². The van der Waals surface area contributed by atoms with Crippen LogP contribution >= 0.6 is 0 Å². The van der Waals surface area contributed by atoms with Crippen molar-refractivity contribution in [1.82, 2.24) is 19.9 Å². The zero-order valence-electron chi connectivity index (χ0n) is 17.7. The third-order valence-corrected chi connectivity index (χ3v) is 5.45. The molecule has 1 N–H and O–H groups in total. The predicted molar refractivity (Wildman–Crippen MR) is 116 cm³/mol. The number of hydrogen-bond acceptors (Lipinski definition) is 7. The van der Waals surface area contributed by atoms with Gasteiger partial charge in [0.05, 0.1) is 29.1 Å². The molecular formula is C23H24N4O5. The molecule has 4 rings (SSSR count). The highest BCUT2D eigenvalue weighted by atomic mass is 16.5. The van der Waals surface area contributed by atoms with E-state index >= 15 is 0 Å². The van der Waals surface area contributed by atoms with Gasteiger partial charge in [0.25, 0.3) is 5.91 Å². The molecule has 1 fully saturated rings. The van der Waals surface area contributed by atoms with Crippen LogP contribution in [-0.4, -0.2) is 64.0 Å². The Bertz CT molecular complexity index is 1120. The lowest BCUT2D eigenvalue weighted by atomic mass is 9.97. The van der Waals surface area contributed by atoms with E-state index in [4.69, 9.17) is 9.47 Å². The normalized spacial score (nSPS) is 14.3. The van der Waals surface area contributed by atoms with Crippen LogP contribution in [0.1, 0.15) is 30.1 Å². The number of ether oxygens (including phenoxy) is 2. The summed E-state index contributed by atoms with van der Waals surface area (Å²) in [4.78, 5) is 50.1. The van der Waals surface area contributed by atoms with Crippen LogP contribution in [0, 0.1) is 5.92 Å². The van der Waals surface area contributed by atoms with E-state index in [1.54, 1.807) is 42.4 Å². The van der Waals surface area contributed by atoms with Crippen LogP contribution in [0.3, 0.4) is 0 Å². The number of esters is 2. The molecule has 0 spiro atoms. The summed E-state index contributed by atoms with van der Waals surface area (Å²) in [6, 6.07) is 8.71. The van der Waals surface area contributed by atoms with Gasteiger partial charge in [0.15, 0.2) is 6.61 Å². The standard InChI is InChI=1S/C23H24N4O5/c1-2-31-22(29)15-7-10-27(11-8-15)20(28)14-32-23(30)16-5-6-18-19(12-16)26-21(25-18)17-4-3-9-24-13-17/h3-6,9,12-13,15H,2,7-8,10-11,14H2,1H3,(H,25,26). The summed E-state index contributed by atoms with van der Waals surface area (Å²) >= 11 is 0. The number of carbonyl (C=O) groups is 3. The second-order valence-corrected chi connectivity index (χ2v) is 7.54. The topological polar surface area (TPSA) is 114 Å². The summed E-state index contributed by atoms with van der Waals surface area (Å²) in [6.07, 6.45) is 4.49. The number of benzene rings is 1. The first-order valence-electron chi connectivity index (χ1n) is 10.6.